The molecule has 1 aromatic heterocycles. The van der Waals surface area contributed by atoms with E-state index in [0.717, 1.165) is 22.3 Å². The summed E-state index contributed by atoms with van der Waals surface area (Å²) in [6.45, 7) is 6.06. The van der Waals surface area contributed by atoms with E-state index in [-0.39, 0.29) is 11.9 Å². The maximum absolute atomic E-state index is 12.1. The van der Waals surface area contributed by atoms with Crippen molar-refractivity contribution in [3.8, 4) is 0 Å². The summed E-state index contributed by atoms with van der Waals surface area (Å²) in [5.41, 5.74) is 3.44. The van der Waals surface area contributed by atoms with E-state index in [4.69, 9.17) is 0 Å². The number of pyridine rings is 1. The van der Waals surface area contributed by atoms with Crippen LogP contribution in [0.15, 0.2) is 41.1 Å². The summed E-state index contributed by atoms with van der Waals surface area (Å²) in [5.74, 6) is -0.103. The van der Waals surface area contributed by atoms with E-state index in [1.54, 1.807) is 18.5 Å². The first kappa shape index (κ1) is 16.5. The predicted octanol–water partition coefficient (Wildman–Crippen LogP) is 4.42. The lowest BCUT2D eigenvalue weighted by atomic mass is 10.2. The monoisotopic (exact) mass is 361 g/mol. The fourth-order valence-corrected chi connectivity index (χ4v) is 2.51. The van der Waals surface area contributed by atoms with E-state index in [2.05, 4.69) is 31.5 Å². The van der Waals surface area contributed by atoms with Crippen LogP contribution >= 0.6 is 15.9 Å². The topological polar surface area (TPSA) is 54.0 Å². The summed E-state index contributed by atoms with van der Waals surface area (Å²) in [7, 11) is 0. The van der Waals surface area contributed by atoms with Crippen molar-refractivity contribution in [2.24, 2.45) is 0 Å². The van der Waals surface area contributed by atoms with Gasteiger partial charge in [0, 0.05) is 16.7 Å². The van der Waals surface area contributed by atoms with E-state index in [9.17, 15) is 4.79 Å². The number of nitrogens with one attached hydrogen (secondary N) is 2. The SMILES string of the molecule is CCC(C)NC(=O)c1cncc(Nc2ccc(C)cc2Br)c1. The molecule has 1 unspecified atom stereocenters. The predicted molar refractivity (Wildman–Crippen MR) is 93.6 cm³/mol. The second-order valence-electron chi connectivity index (χ2n) is 5.35. The van der Waals surface area contributed by atoms with Gasteiger partial charge < -0.3 is 10.6 Å². The van der Waals surface area contributed by atoms with Crippen LogP contribution in [-0.2, 0) is 0 Å². The Hall–Kier alpha value is -1.88. The van der Waals surface area contributed by atoms with Crippen LogP contribution in [0.4, 0.5) is 11.4 Å². The van der Waals surface area contributed by atoms with E-state index >= 15 is 0 Å². The molecule has 2 rings (SSSR count). The zero-order valence-electron chi connectivity index (χ0n) is 13.0. The Morgan fingerprint density at radius 3 is 2.77 bits per heavy atom. The number of aryl methyl sites for hydroxylation is 1. The molecule has 0 aliphatic carbocycles. The van der Waals surface area contributed by atoms with Crippen LogP contribution in [-0.4, -0.2) is 16.9 Å². The molecule has 0 bridgehead atoms. The molecule has 0 radical (unpaired) electrons. The minimum atomic E-state index is -0.103. The zero-order chi connectivity index (χ0) is 16.1. The van der Waals surface area contributed by atoms with Crippen molar-refractivity contribution >= 4 is 33.2 Å². The minimum Gasteiger partial charge on any atom is -0.353 e. The van der Waals surface area contributed by atoms with E-state index in [0.29, 0.717) is 5.56 Å². The highest BCUT2D eigenvalue weighted by Gasteiger charge is 2.10. The summed E-state index contributed by atoms with van der Waals surface area (Å²) < 4.78 is 0.974. The Labute approximate surface area is 139 Å². The van der Waals surface area contributed by atoms with Crippen LogP contribution in [0.1, 0.15) is 36.2 Å². The third kappa shape index (κ3) is 4.31. The highest BCUT2D eigenvalue weighted by molar-refractivity contribution is 9.10. The van der Waals surface area contributed by atoms with Gasteiger partial charge in [-0.05, 0) is 60.0 Å². The summed E-state index contributed by atoms with van der Waals surface area (Å²) >= 11 is 3.53. The molecule has 1 aromatic carbocycles. The highest BCUT2D eigenvalue weighted by Crippen LogP contribution is 2.26. The number of hydrogen-bond acceptors (Lipinski definition) is 3. The zero-order valence-corrected chi connectivity index (χ0v) is 14.6. The summed E-state index contributed by atoms with van der Waals surface area (Å²) in [6, 6.07) is 8.01. The van der Waals surface area contributed by atoms with Crippen molar-refractivity contribution in [3.05, 3.63) is 52.3 Å². The molecule has 116 valence electrons. The van der Waals surface area contributed by atoms with Crippen molar-refractivity contribution in [2.45, 2.75) is 33.2 Å². The van der Waals surface area contributed by atoms with Gasteiger partial charge in [-0.3, -0.25) is 9.78 Å². The van der Waals surface area contributed by atoms with Gasteiger partial charge in [0.15, 0.2) is 0 Å². The van der Waals surface area contributed by atoms with Crippen molar-refractivity contribution in [3.63, 3.8) is 0 Å². The normalized spacial score (nSPS) is 11.8. The van der Waals surface area contributed by atoms with Crippen LogP contribution in [0, 0.1) is 6.92 Å². The second-order valence-corrected chi connectivity index (χ2v) is 6.21. The van der Waals surface area contributed by atoms with Gasteiger partial charge in [-0.25, -0.2) is 0 Å². The number of carbonyl (C=O) groups is 1. The molecule has 1 atom stereocenters. The average molecular weight is 362 g/mol. The quantitative estimate of drug-likeness (QED) is 0.828. The number of aromatic nitrogens is 1. The first-order chi connectivity index (χ1) is 10.5. The molecule has 0 spiro atoms. The Bertz CT molecular complexity index is 673. The molecule has 0 saturated carbocycles. The highest BCUT2D eigenvalue weighted by atomic mass is 79.9. The minimum absolute atomic E-state index is 0.103. The van der Waals surface area contributed by atoms with Gasteiger partial charge in [-0.2, -0.15) is 0 Å². The van der Waals surface area contributed by atoms with Gasteiger partial charge in [0.05, 0.1) is 23.1 Å². The molecule has 2 aromatic rings. The van der Waals surface area contributed by atoms with Crippen LogP contribution in [0.2, 0.25) is 0 Å². The van der Waals surface area contributed by atoms with Gasteiger partial charge in [0.25, 0.3) is 5.91 Å². The molecule has 0 aliphatic rings. The standard InChI is InChI=1S/C17H20BrN3O/c1-4-12(3)20-17(22)13-8-14(10-19-9-13)21-16-6-5-11(2)7-15(16)18/h5-10,12,21H,4H2,1-3H3,(H,20,22). The molecular formula is C17H20BrN3O. The maximum atomic E-state index is 12.1. The Morgan fingerprint density at radius 2 is 2.09 bits per heavy atom. The Kier molecular flexibility index (Phi) is 5.55. The fourth-order valence-electron chi connectivity index (χ4n) is 1.92. The van der Waals surface area contributed by atoms with Gasteiger partial charge >= 0.3 is 0 Å². The molecule has 0 saturated heterocycles. The van der Waals surface area contributed by atoms with Gasteiger partial charge in [-0.1, -0.05) is 13.0 Å². The van der Waals surface area contributed by atoms with E-state index < -0.39 is 0 Å². The van der Waals surface area contributed by atoms with Crippen molar-refractivity contribution in [1.82, 2.24) is 10.3 Å². The molecule has 1 amide bonds. The number of carbonyl (C=O) groups excluding carboxylic acids is 1. The second kappa shape index (κ2) is 7.40. The average Bonchev–Trinajstić information content (AvgIpc) is 2.50. The molecule has 22 heavy (non-hydrogen) atoms. The van der Waals surface area contributed by atoms with Crippen molar-refractivity contribution < 1.29 is 4.79 Å². The number of anilines is 2. The van der Waals surface area contributed by atoms with E-state index in [1.165, 1.54) is 5.56 Å². The van der Waals surface area contributed by atoms with Crippen molar-refractivity contribution in [1.29, 1.82) is 0 Å². The molecule has 4 nitrogen and oxygen atoms in total. The number of benzene rings is 1. The van der Waals surface area contributed by atoms with Crippen LogP contribution in [0.5, 0.6) is 0 Å². The lowest BCUT2D eigenvalue weighted by Gasteiger charge is -2.13. The maximum Gasteiger partial charge on any atom is 0.253 e. The van der Waals surface area contributed by atoms with Crippen molar-refractivity contribution in [2.75, 3.05) is 5.32 Å². The summed E-state index contributed by atoms with van der Waals surface area (Å²) in [4.78, 5) is 16.3. The van der Waals surface area contributed by atoms with E-state index in [1.807, 2.05) is 39.0 Å². The molecule has 5 heteroatoms. The lowest BCUT2D eigenvalue weighted by molar-refractivity contribution is 0.0939. The van der Waals surface area contributed by atoms with Gasteiger partial charge in [-0.15, -0.1) is 0 Å². The lowest BCUT2D eigenvalue weighted by Crippen LogP contribution is -2.31. The summed E-state index contributed by atoms with van der Waals surface area (Å²) in [5, 5.41) is 6.21. The number of hydrogen-bond donors (Lipinski definition) is 2. The number of amides is 1. The summed E-state index contributed by atoms with van der Waals surface area (Å²) in [6.07, 6.45) is 4.17. The first-order valence-electron chi connectivity index (χ1n) is 7.28. The molecule has 2 N–H and O–H groups in total. The van der Waals surface area contributed by atoms with Crippen LogP contribution < -0.4 is 10.6 Å². The largest absolute Gasteiger partial charge is 0.353 e. The number of halogens is 1. The van der Waals surface area contributed by atoms with Crippen LogP contribution in [0.25, 0.3) is 0 Å². The molecule has 1 heterocycles. The van der Waals surface area contributed by atoms with Gasteiger partial charge in [0.1, 0.15) is 0 Å². The van der Waals surface area contributed by atoms with Crippen LogP contribution in [0.3, 0.4) is 0 Å². The third-order valence-electron chi connectivity index (χ3n) is 3.39. The Balaban J connectivity index is 2.16. The number of nitrogens with zero attached hydrogens (tertiary/aromatic N) is 1. The molecular weight excluding hydrogens is 342 g/mol. The fraction of sp³-hybridized carbons (Fsp3) is 0.294. The first-order valence-corrected chi connectivity index (χ1v) is 8.08. The smallest absolute Gasteiger partial charge is 0.253 e. The Morgan fingerprint density at radius 1 is 1.32 bits per heavy atom. The number of rotatable bonds is 5. The van der Waals surface area contributed by atoms with Gasteiger partial charge in [0.2, 0.25) is 0 Å². The molecule has 0 fully saturated rings. The molecule has 0 aliphatic heterocycles. The third-order valence-corrected chi connectivity index (χ3v) is 4.05.